The predicted molar refractivity (Wildman–Crippen MR) is 96.8 cm³/mol. The monoisotopic (exact) mass is 336 g/mol. The van der Waals surface area contributed by atoms with Crippen molar-refractivity contribution in [1.82, 2.24) is 9.88 Å². The average Bonchev–Trinajstić information content (AvgIpc) is 2.61. The quantitative estimate of drug-likeness (QED) is 0.852. The first-order chi connectivity index (χ1) is 12.1. The van der Waals surface area contributed by atoms with Gasteiger partial charge in [-0.25, -0.2) is 4.98 Å². The van der Waals surface area contributed by atoms with Crippen molar-refractivity contribution in [2.24, 2.45) is 0 Å². The van der Waals surface area contributed by atoms with Gasteiger partial charge in [-0.05, 0) is 44.7 Å². The van der Waals surface area contributed by atoms with Crippen LogP contribution in [0.3, 0.4) is 0 Å². The predicted octanol–water partition coefficient (Wildman–Crippen LogP) is 3.82. The van der Waals surface area contributed by atoms with Gasteiger partial charge in [0.2, 0.25) is 5.88 Å². The lowest BCUT2D eigenvalue weighted by Crippen LogP contribution is -2.61. The van der Waals surface area contributed by atoms with Crippen molar-refractivity contribution in [1.29, 1.82) is 0 Å². The van der Waals surface area contributed by atoms with Gasteiger partial charge in [-0.2, -0.15) is 0 Å². The molecule has 0 spiro atoms. The molecule has 0 unspecified atom stereocenters. The van der Waals surface area contributed by atoms with E-state index in [1.807, 2.05) is 24.8 Å². The summed E-state index contributed by atoms with van der Waals surface area (Å²) in [5.41, 5.74) is 2.36. The lowest BCUT2D eigenvalue weighted by molar-refractivity contribution is -0.00435. The maximum Gasteiger partial charge on any atom is 0.255 e. The molecule has 0 N–H and O–H groups in total. The Morgan fingerprint density at radius 2 is 1.96 bits per heavy atom. The molecule has 2 saturated heterocycles. The molecule has 1 aromatic heterocycles. The number of aromatic nitrogens is 1. The SMILES string of the molecule is CC(C)Oc1ccc(C(=O)N2CCC3(c4ccccc4)CC2C3)cn1. The third-order valence-electron chi connectivity index (χ3n) is 5.51. The van der Waals surface area contributed by atoms with Crippen LogP contribution in [0.2, 0.25) is 0 Å². The fourth-order valence-corrected chi connectivity index (χ4v) is 4.21. The molecule has 2 bridgehead atoms. The number of nitrogens with zero attached hydrogens (tertiary/aromatic N) is 2. The summed E-state index contributed by atoms with van der Waals surface area (Å²) in [6, 6.07) is 14.7. The van der Waals surface area contributed by atoms with Crippen molar-refractivity contribution < 1.29 is 9.53 Å². The van der Waals surface area contributed by atoms with Crippen LogP contribution in [0.4, 0.5) is 0 Å². The van der Waals surface area contributed by atoms with E-state index >= 15 is 0 Å². The van der Waals surface area contributed by atoms with Crippen molar-refractivity contribution in [3.63, 3.8) is 0 Å². The van der Waals surface area contributed by atoms with Gasteiger partial charge in [-0.15, -0.1) is 0 Å². The van der Waals surface area contributed by atoms with E-state index in [4.69, 9.17) is 4.74 Å². The zero-order chi connectivity index (χ0) is 17.4. The molecule has 2 aliphatic heterocycles. The molecule has 0 atom stereocenters. The molecule has 3 fully saturated rings. The van der Waals surface area contributed by atoms with Gasteiger partial charge < -0.3 is 9.64 Å². The summed E-state index contributed by atoms with van der Waals surface area (Å²) in [6.45, 7) is 4.75. The number of fused-ring (bicyclic) bond motifs is 2. The van der Waals surface area contributed by atoms with Crippen LogP contribution in [0.15, 0.2) is 48.7 Å². The van der Waals surface area contributed by atoms with Gasteiger partial charge in [-0.1, -0.05) is 30.3 Å². The standard InChI is InChI=1S/C21H24N2O2/c1-15(2)25-19-9-8-16(14-22-19)20(24)23-11-10-21(12-18(23)13-21)17-6-4-3-5-7-17/h3-9,14-15,18H,10-13H2,1-2H3. The zero-order valence-corrected chi connectivity index (χ0v) is 14.8. The number of carbonyl (C=O) groups is 1. The van der Waals surface area contributed by atoms with Crippen LogP contribution < -0.4 is 4.74 Å². The Bertz CT molecular complexity index is 744. The lowest BCUT2D eigenvalue weighted by atomic mass is 9.57. The first-order valence-electron chi connectivity index (χ1n) is 9.07. The van der Waals surface area contributed by atoms with Crippen LogP contribution in [0.1, 0.15) is 49.0 Å². The molecule has 0 radical (unpaired) electrons. The van der Waals surface area contributed by atoms with E-state index in [-0.39, 0.29) is 17.4 Å². The summed E-state index contributed by atoms with van der Waals surface area (Å²) in [5, 5.41) is 0. The Balaban J connectivity index is 1.44. The van der Waals surface area contributed by atoms with E-state index in [0.717, 1.165) is 25.8 Å². The van der Waals surface area contributed by atoms with E-state index < -0.39 is 0 Å². The average molecular weight is 336 g/mol. The summed E-state index contributed by atoms with van der Waals surface area (Å²) in [7, 11) is 0. The molecule has 4 nitrogen and oxygen atoms in total. The minimum atomic E-state index is 0.0808. The molecule has 4 heteroatoms. The summed E-state index contributed by atoms with van der Waals surface area (Å²) in [4.78, 5) is 19.2. The second-order valence-electron chi connectivity index (χ2n) is 7.51. The van der Waals surface area contributed by atoms with Crippen molar-refractivity contribution in [2.45, 2.75) is 50.7 Å². The van der Waals surface area contributed by atoms with Crippen molar-refractivity contribution in [2.75, 3.05) is 6.54 Å². The van der Waals surface area contributed by atoms with Crippen molar-refractivity contribution >= 4 is 5.91 Å². The Hall–Kier alpha value is -2.36. The number of hydrogen-bond donors (Lipinski definition) is 0. The molecule has 130 valence electrons. The van der Waals surface area contributed by atoms with Gasteiger partial charge in [0.05, 0.1) is 11.7 Å². The van der Waals surface area contributed by atoms with E-state index in [0.29, 0.717) is 17.5 Å². The summed E-state index contributed by atoms with van der Waals surface area (Å²) in [5.74, 6) is 0.659. The Labute approximate surface area is 148 Å². The number of pyridine rings is 1. The van der Waals surface area contributed by atoms with Crippen LogP contribution >= 0.6 is 0 Å². The zero-order valence-electron chi connectivity index (χ0n) is 14.8. The third-order valence-corrected chi connectivity index (χ3v) is 5.51. The van der Waals surface area contributed by atoms with Crippen molar-refractivity contribution in [3.8, 4) is 5.88 Å². The fraction of sp³-hybridized carbons (Fsp3) is 0.429. The normalized spacial score (nSPS) is 24.8. The maximum atomic E-state index is 12.9. The summed E-state index contributed by atoms with van der Waals surface area (Å²) in [6.07, 6.45) is 4.91. The van der Waals surface area contributed by atoms with Crippen molar-refractivity contribution in [3.05, 3.63) is 59.8 Å². The fourth-order valence-electron chi connectivity index (χ4n) is 4.21. The molecule has 1 amide bonds. The van der Waals surface area contributed by atoms with E-state index in [9.17, 15) is 4.79 Å². The third kappa shape index (κ3) is 2.90. The van der Waals surface area contributed by atoms with Crippen LogP contribution in [-0.2, 0) is 5.41 Å². The molecular formula is C21H24N2O2. The highest BCUT2D eigenvalue weighted by Crippen LogP contribution is 2.52. The molecule has 5 rings (SSSR count). The Morgan fingerprint density at radius 3 is 2.52 bits per heavy atom. The summed E-state index contributed by atoms with van der Waals surface area (Å²) < 4.78 is 5.55. The second kappa shape index (κ2) is 6.17. The molecule has 25 heavy (non-hydrogen) atoms. The second-order valence-corrected chi connectivity index (χ2v) is 7.51. The van der Waals surface area contributed by atoms with Gasteiger partial charge in [0.1, 0.15) is 0 Å². The summed E-state index contributed by atoms with van der Waals surface area (Å²) >= 11 is 0. The maximum absolute atomic E-state index is 12.9. The van der Waals surface area contributed by atoms with Crippen LogP contribution in [0.5, 0.6) is 5.88 Å². The number of amides is 1. The first kappa shape index (κ1) is 16.1. The van der Waals surface area contributed by atoms with Gasteiger partial charge >= 0.3 is 0 Å². The van der Waals surface area contributed by atoms with Gasteiger partial charge in [-0.3, -0.25) is 4.79 Å². The lowest BCUT2D eigenvalue weighted by Gasteiger charge is -2.58. The van der Waals surface area contributed by atoms with Crippen LogP contribution in [-0.4, -0.2) is 34.5 Å². The Morgan fingerprint density at radius 1 is 1.20 bits per heavy atom. The highest BCUT2D eigenvalue weighted by Gasteiger charge is 2.52. The smallest absolute Gasteiger partial charge is 0.255 e. The highest BCUT2D eigenvalue weighted by molar-refractivity contribution is 5.94. The molecular weight excluding hydrogens is 312 g/mol. The number of piperidine rings is 2. The minimum absolute atomic E-state index is 0.0808. The van der Waals surface area contributed by atoms with Gasteiger partial charge in [0, 0.05) is 30.3 Å². The molecule has 3 aliphatic rings. The number of rotatable bonds is 4. The minimum Gasteiger partial charge on any atom is -0.475 e. The largest absolute Gasteiger partial charge is 0.475 e. The van der Waals surface area contributed by atoms with Gasteiger partial charge in [0.15, 0.2) is 0 Å². The number of hydrogen-bond acceptors (Lipinski definition) is 3. The van der Waals surface area contributed by atoms with E-state index in [2.05, 4.69) is 35.3 Å². The molecule has 1 saturated carbocycles. The molecule has 2 aromatic rings. The molecule has 1 aromatic carbocycles. The first-order valence-corrected chi connectivity index (χ1v) is 9.07. The van der Waals surface area contributed by atoms with E-state index in [1.165, 1.54) is 5.56 Å². The number of benzene rings is 1. The number of ether oxygens (including phenoxy) is 1. The topological polar surface area (TPSA) is 42.4 Å². The van der Waals surface area contributed by atoms with Crippen LogP contribution in [0, 0.1) is 0 Å². The van der Waals surface area contributed by atoms with Gasteiger partial charge in [0.25, 0.3) is 5.91 Å². The van der Waals surface area contributed by atoms with Crippen LogP contribution in [0.25, 0.3) is 0 Å². The number of carbonyl (C=O) groups excluding carboxylic acids is 1. The van der Waals surface area contributed by atoms with E-state index in [1.54, 1.807) is 12.3 Å². The highest BCUT2D eigenvalue weighted by atomic mass is 16.5. The molecule has 1 aliphatic carbocycles. The molecule has 3 heterocycles. The Kier molecular flexibility index (Phi) is 3.98.